The highest BCUT2D eigenvalue weighted by atomic mass is 32.2. The lowest BCUT2D eigenvalue weighted by Crippen LogP contribution is -2.40. The lowest BCUT2D eigenvalue weighted by atomic mass is 10.0. The Kier molecular flexibility index (Phi) is 6.94. The summed E-state index contributed by atoms with van der Waals surface area (Å²) in [5, 5.41) is 9.66. The van der Waals surface area contributed by atoms with Crippen LogP contribution in [0.5, 0.6) is 5.75 Å². The molecule has 1 aromatic heterocycles. The zero-order valence-electron chi connectivity index (χ0n) is 17.7. The summed E-state index contributed by atoms with van der Waals surface area (Å²) in [6, 6.07) is 7.83. The molecule has 2 aliphatic heterocycles. The van der Waals surface area contributed by atoms with E-state index in [0.717, 1.165) is 61.3 Å². The molecule has 1 aromatic carbocycles. The smallest absolute Gasteiger partial charge is 0.233 e. The van der Waals surface area contributed by atoms with Gasteiger partial charge in [0.2, 0.25) is 5.91 Å². The topological polar surface area (TPSA) is 69.5 Å². The fraction of sp³-hybridized carbons (Fsp3) is 0.591. The van der Waals surface area contributed by atoms with E-state index in [9.17, 15) is 4.79 Å². The highest BCUT2D eigenvalue weighted by molar-refractivity contribution is 7.99. The monoisotopic (exact) mass is 430 g/mol. The molecule has 4 rings (SSSR count). The summed E-state index contributed by atoms with van der Waals surface area (Å²) in [5.74, 6) is 2.76. The maximum absolute atomic E-state index is 12.7. The fourth-order valence-electron chi connectivity index (χ4n) is 4.14. The third kappa shape index (κ3) is 4.98. The van der Waals surface area contributed by atoms with E-state index >= 15 is 0 Å². The van der Waals surface area contributed by atoms with Crippen molar-refractivity contribution in [3.05, 3.63) is 24.3 Å². The summed E-state index contributed by atoms with van der Waals surface area (Å²) in [6.45, 7) is 5.44. The van der Waals surface area contributed by atoms with Gasteiger partial charge in [-0.3, -0.25) is 9.36 Å². The van der Waals surface area contributed by atoms with Crippen LogP contribution in [0.4, 0.5) is 0 Å². The third-order valence-electron chi connectivity index (χ3n) is 5.81. The molecule has 0 unspecified atom stereocenters. The van der Waals surface area contributed by atoms with E-state index < -0.39 is 0 Å². The standard InChI is InChI=1S/C22H30N4O3S/c1-16-5-3-11-25(13-16)20(27)15-30-22-24-23-21(17-7-9-18(28-2)10-8-17)26(22)14-19-6-4-12-29-19/h7-10,16,19H,3-6,11-15H2,1-2H3/t16-,19-/m0/s1. The normalized spacial score (nSPS) is 21.7. The molecule has 8 heteroatoms. The molecule has 7 nitrogen and oxygen atoms in total. The van der Waals surface area contributed by atoms with Gasteiger partial charge in [0, 0.05) is 25.3 Å². The van der Waals surface area contributed by atoms with Crippen LogP contribution in [-0.4, -0.2) is 64.2 Å². The van der Waals surface area contributed by atoms with Crippen LogP contribution in [0.15, 0.2) is 29.4 Å². The summed E-state index contributed by atoms with van der Waals surface area (Å²) in [4.78, 5) is 14.7. The van der Waals surface area contributed by atoms with Crippen molar-refractivity contribution in [1.29, 1.82) is 0 Å². The Morgan fingerprint density at radius 3 is 2.77 bits per heavy atom. The zero-order chi connectivity index (χ0) is 20.9. The minimum atomic E-state index is 0.163. The molecule has 2 saturated heterocycles. The van der Waals surface area contributed by atoms with Crippen LogP contribution in [-0.2, 0) is 16.1 Å². The van der Waals surface area contributed by atoms with Gasteiger partial charge in [-0.25, -0.2) is 0 Å². The van der Waals surface area contributed by atoms with Gasteiger partial charge in [0.25, 0.3) is 0 Å². The van der Waals surface area contributed by atoms with Crippen LogP contribution in [0.2, 0.25) is 0 Å². The van der Waals surface area contributed by atoms with Crippen molar-refractivity contribution in [2.45, 2.75) is 50.4 Å². The average Bonchev–Trinajstić information content (AvgIpc) is 3.42. The molecule has 2 aliphatic rings. The van der Waals surface area contributed by atoms with Crippen LogP contribution in [0.3, 0.4) is 0 Å². The van der Waals surface area contributed by atoms with Gasteiger partial charge in [0.15, 0.2) is 11.0 Å². The predicted octanol–water partition coefficient (Wildman–Crippen LogP) is 3.48. The van der Waals surface area contributed by atoms with Gasteiger partial charge in [-0.05, 0) is 55.9 Å². The van der Waals surface area contributed by atoms with Crippen molar-refractivity contribution in [1.82, 2.24) is 19.7 Å². The molecule has 2 aromatic rings. The number of thioether (sulfide) groups is 1. The van der Waals surface area contributed by atoms with E-state index in [1.807, 2.05) is 29.2 Å². The molecular weight excluding hydrogens is 400 g/mol. The summed E-state index contributed by atoms with van der Waals surface area (Å²) in [5.41, 5.74) is 0.976. The summed E-state index contributed by atoms with van der Waals surface area (Å²) in [6.07, 6.45) is 4.58. The molecule has 162 valence electrons. The Balaban J connectivity index is 1.51. The van der Waals surface area contributed by atoms with E-state index in [2.05, 4.69) is 21.7 Å². The largest absolute Gasteiger partial charge is 0.497 e. The van der Waals surface area contributed by atoms with Gasteiger partial charge < -0.3 is 14.4 Å². The highest BCUT2D eigenvalue weighted by Crippen LogP contribution is 2.28. The summed E-state index contributed by atoms with van der Waals surface area (Å²) in [7, 11) is 1.66. The van der Waals surface area contributed by atoms with Crippen LogP contribution in [0, 0.1) is 5.92 Å². The number of hydrogen-bond acceptors (Lipinski definition) is 6. The van der Waals surface area contributed by atoms with E-state index in [-0.39, 0.29) is 12.0 Å². The molecule has 0 N–H and O–H groups in total. The second kappa shape index (κ2) is 9.83. The molecule has 30 heavy (non-hydrogen) atoms. The Labute approximate surface area is 182 Å². The van der Waals surface area contributed by atoms with Crippen LogP contribution in [0.25, 0.3) is 11.4 Å². The maximum Gasteiger partial charge on any atom is 0.233 e. The van der Waals surface area contributed by atoms with Crippen LogP contribution < -0.4 is 4.74 Å². The van der Waals surface area contributed by atoms with Crippen molar-refractivity contribution < 1.29 is 14.3 Å². The van der Waals surface area contributed by atoms with Crippen LogP contribution >= 0.6 is 11.8 Å². The number of amides is 1. The number of piperidine rings is 1. The van der Waals surface area contributed by atoms with Gasteiger partial charge in [-0.1, -0.05) is 18.7 Å². The first kappa shape index (κ1) is 21.2. The first-order valence-electron chi connectivity index (χ1n) is 10.7. The molecule has 2 fully saturated rings. The van der Waals surface area contributed by atoms with Crippen molar-refractivity contribution >= 4 is 17.7 Å². The molecule has 3 heterocycles. The van der Waals surface area contributed by atoms with Gasteiger partial charge in [0.1, 0.15) is 5.75 Å². The minimum absolute atomic E-state index is 0.163. The molecule has 0 aliphatic carbocycles. The quantitative estimate of drug-likeness (QED) is 0.627. The van der Waals surface area contributed by atoms with Gasteiger partial charge >= 0.3 is 0 Å². The Hall–Kier alpha value is -2.06. The van der Waals surface area contributed by atoms with E-state index in [1.54, 1.807) is 7.11 Å². The average molecular weight is 431 g/mol. The second-order valence-electron chi connectivity index (χ2n) is 8.16. The number of hydrogen-bond donors (Lipinski definition) is 0. The first-order chi connectivity index (χ1) is 14.6. The molecule has 0 bridgehead atoms. The number of likely N-dealkylation sites (tertiary alicyclic amines) is 1. The molecular formula is C22H30N4O3S. The summed E-state index contributed by atoms with van der Waals surface area (Å²) >= 11 is 1.47. The number of carbonyl (C=O) groups is 1. The van der Waals surface area contributed by atoms with E-state index in [0.29, 0.717) is 18.2 Å². The number of aromatic nitrogens is 3. The second-order valence-corrected chi connectivity index (χ2v) is 9.10. The molecule has 0 saturated carbocycles. The number of benzene rings is 1. The van der Waals surface area contributed by atoms with Crippen molar-refractivity contribution in [3.63, 3.8) is 0 Å². The molecule has 0 spiro atoms. The van der Waals surface area contributed by atoms with Gasteiger partial charge in [0.05, 0.1) is 25.5 Å². The number of rotatable bonds is 7. The fourth-order valence-corrected chi connectivity index (χ4v) is 4.99. The van der Waals surface area contributed by atoms with E-state index in [4.69, 9.17) is 9.47 Å². The Morgan fingerprint density at radius 2 is 2.07 bits per heavy atom. The van der Waals surface area contributed by atoms with Crippen molar-refractivity contribution in [3.8, 4) is 17.1 Å². The molecule has 1 amide bonds. The minimum Gasteiger partial charge on any atom is -0.497 e. The highest BCUT2D eigenvalue weighted by Gasteiger charge is 2.24. The predicted molar refractivity (Wildman–Crippen MR) is 117 cm³/mol. The lowest BCUT2D eigenvalue weighted by Gasteiger charge is -2.30. The molecule has 0 radical (unpaired) electrons. The lowest BCUT2D eigenvalue weighted by molar-refractivity contribution is -0.130. The van der Waals surface area contributed by atoms with Gasteiger partial charge in [-0.15, -0.1) is 10.2 Å². The Bertz CT molecular complexity index is 849. The number of nitrogens with zero attached hydrogens (tertiary/aromatic N) is 4. The van der Waals surface area contributed by atoms with Crippen molar-refractivity contribution in [2.24, 2.45) is 5.92 Å². The zero-order valence-corrected chi connectivity index (χ0v) is 18.6. The van der Waals surface area contributed by atoms with Gasteiger partial charge in [-0.2, -0.15) is 0 Å². The number of ether oxygens (including phenoxy) is 2. The van der Waals surface area contributed by atoms with Crippen LogP contribution in [0.1, 0.15) is 32.6 Å². The maximum atomic E-state index is 12.7. The molecule has 2 atom stereocenters. The number of methoxy groups -OCH3 is 1. The van der Waals surface area contributed by atoms with Crippen molar-refractivity contribution in [2.75, 3.05) is 32.6 Å². The SMILES string of the molecule is COc1ccc(-c2nnc(SCC(=O)N3CCC[C@H](C)C3)n2C[C@@H]2CCCO2)cc1. The Morgan fingerprint density at radius 1 is 1.23 bits per heavy atom. The first-order valence-corrected chi connectivity index (χ1v) is 11.7. The third-order valence-corrected chi connectivity index (χ3v) is 6.76. The summed E-state index contributed by atoms with van der Waals surface area (Å²) < 4.78 is 13.2. The number of carbonyl (C=O) groups excluding carboxylic acids is 1. The van der Waals surface area contributed by atoms with E-state index in [1.165, 1.54) is 18.2 Å².